The number of pyridine rings is 1. The monoisotopic (exact) mass is 216 g/mol. The average Bonchev–Trinajstić information content (AvgIpc) is 2.16. The zero-order chi connectivity index (χ0) is 10.7. The molecule has 1 aromatic heterocycles. The molecule has 0 saturated carbocycles. The lowest BCUT2D eigenvalue weighted by atomic mass is 10.1. The number of nitrogens with zero attached hydrogens (tertiary/aromatic N) is 1. The molecule has 0 bridgehead atoms. The first-order valence-electron chi connectivity index (χ1n) is 4.20. The van der Waals surface area contributed by atoms with Gasteiger partial charge in [-0.1, -0.05) is 11.6 Å². The molecule has 0 aromatic carbocycles. The largest absolute Gasteiger partial charge is 0.496 e. The molecule has 0 aliphatic carbocycles. The molecule has 5 heteroatoms. The summed E-state index contributed by atoms with van der Waals surface area (Å²) in [6.45, 7) is 1.69. The molecule has 0 aliphatic heterocycles. The van der Waals surface area contributed by atoms with Crippen molar-refractivity contribution in [3.63, 3.8) is 0 Å². The van der Waals surface area contributed by atoms with Crippen LogP contribution in [0.25, 0.3) is 0 Å². The molecule has 0 aliphatic rings. The van der Waals surface area contributed by atoms with Crippen LogP contribution in [0.4, 0.5) is 0 Å². The smallest absolute Gasteiger partial charge is 0.138 e. The molecule has 3 N–H and O–H groups in total. The highest BCUT2D eigenvalue weighted by molar-refractivity contribution is 6.30. The molecule has 1 rings (SSSR count). The molecule has 14 heavy (non-hydrogen) atoms. The molecule has 1 heterocycles. The van der Waals surface area contributed by atoms with Crippen molar-refractivity contribution in [3.05, 3.63) is 23.0 Å². The third-order valence-electron chi connectivity index (χ3n) is 1.92. The van der Waals surface area contributed by atoms with Gasteiger partial charge in [0, 0.05) is 12.2 Å². The van der Waals surface area contributed by atoms with Crippen LogP contribution in [-0.2, 0) is 0 Å². The van der Waals surface area contributed by atoms with Gasteiger partial charge >= 0.3 is 0 Å². The van der Waals surface area contributed by atoms with E-state index in [2.05, 4.69) is 4.98 Å². The van der Waals surface area contributed by atoms with Gasteiger partial charge in [0.05, 0.1) is 12.7 Å². The van der Waals surface area contributed by atoms with Crippen LogP contribution in [0.3, 0.4) is 0 Å². The summed E-state index contributed by atoms with van der Waals surface area (Å²) >= 11 is 5.84. The highest BCUT2D eigenvalue weighted by atomic mass is 35.5. The number of hydrogen-bond donors (Lipinski definition) is 2. The van der Waals surface area contributed by atoms with E-state index in [1.165, 1.54) is 13.3 Å². The van der Waals surface area contributed by atoms with Gasteiger partial charge in [-0.05, 0) is 13.0 Å². The molecule has 0 fully saturated rings. The lowest BCUT2D eigenvalue weighted by Crippen LogP contribution is -2.25. The summed E-state index contributed by atoms with van der Waals surface area (Å²) < 4.78 is 5.06. The Morgan fingerprint density at radius 1 is 1.64 bits per heavy atom. The maximum absolute atomic E-state index is 9.76. The molecule has 2 unspecified atom stereocenters. The van der Waals surface area contributed by atoms with E-state index >= 15 is 0 Å². The van der Waals surface area contributed by atoms with Gasteiger partial charge in [0.25, 0.3) is 0 Å². The van der Waals surface area contributed by atoms with Crippen molar-refractivity contribution < 1.29 is 9.84 Å². The van der Waals surface area contributed by atoms with Gasteiger partial charge in [0.1, 0.15) is 17.0 Å². The van der Waals surface area contributed by atoms with Crippen LogP contribution in [0.15, 0.2) is 12.3 Å². The number of aliphatic hydroxyl groups is 1. The van der Waals surface area contributed by atoms with E-state index in [1.54, 1.807) is 13.0 Å². The minimum absolute atomic E-state index is 0.217. The Kier molecular flexibility index (Phi) is 3.69. The van der Waals surface area contributed by atoms with Crippen molar-refractivity contribution in [2.75, 3.05) is 7.11 Å². The van der Waals surface area contributed by atoms with Crippen LogP contribution in [0.1, 0.15) is 18.6 Å². The Hall–Kier alpha value is -0.840. The highest BCUT2D eigenvalue weighted by Crippen LogP contribution is 2.31. The lowest BCUT2D eigenvalue weighted by molar-refractivity contribution is 0.149. The predicted octanol–water partition coefficient (Wildman–Crippen LogP) is 1.12. The van der Waals surface area contributed by atoms with E-state index < -0.39 is 12.1 Å². The number of hydrogen-bond acceptors (Lipinski definition) is 4. The van der Waals surface area contributed by atoms with E-state index in [0.717, 1.165) is 0 Å². The van der Waals surface area contributed by atoms with E-state index in [4.69, 9.17) is 22.1 Å². The Balaban J connectivity index is 3.16. The van der Waals surface area contributed by atoms with Crippen LogP contribution in [0, 0.1) is 0 Å². The molecule has 0 amide bonds. The maximum atomic E-state index is 9.76. The summed E-state index contributed by atoms with van der Waals surface area (Å²) in [5, 5.41) is 9.98. The zero-order valence-corrected chi connectivity index (χ0v) is 8.82. The van der Waals surface area contributed by atoms with Gasteiger partial charge in [-0.3, -0.25) is 0 Å². The highest BCUT2D eigenvalue weighted by Gasteiger charge is 2.20. The Labute approximate surface area is 87.7 Å². The molecule has 2 atom stereocenters. The van der Waals surface area contributed by atoms with Gasteiger partial charge < -0.3 is 15.6 Å². The molecule has 0 radical (unpaired) electrons. The predicted molar refractivity (Wildman–Crippen MR) is 54.4 cm³/mol. The van der Waals surface area contributed by atoms with Crippen molar-refractivity contribution in [3.8, 4) is 5.75 Å². The number of ether oxygens (including phenoxy) is 1. The molecule has 78 valence electrons. The van der Waals surface area contributed by atoms with Crippen molar-refractivity contribution >= 4 is 11.6 Å². The summed E-state index contributed by atoms with van der Waals surface area (Å²) in [5.41, 5.74) is 6.01. The van der Waals surface area contributed by atoms with E-state index in [1.807, 2.05) is 0 Å². The van der Waals surface area contributed by atoms with Crippen LogP contribution in [0.5, 0.6) is 5.75 Å². The summed E-state index contributed by atoms with van der Waals surface area (Å²) in [4.78, 5) is 3.86. The maximum Gasteiger partial charge on any atom is 0.138 e. The standard InChI is InChI=1S/C9H13ClN2O2/c1-5(11)8(13)7-6(14-2)3-4-12-9(7)10/h3-5,8,13H,11H2,1-2H3. The third kappa shape index (κ3) is 2.15. The average molecular weight is 217 g/mol. The van der Waals surface area contributed by atoms with Gasteiger partial charge in [-0.25, -0.2) is 4.98 Å². The SMILES string of the molecule is COc1ccnc(Cl)c1C(O)C(C)N. The number of rotatable bonds is 3. The van der Waals surface area contributed by atoms with Crippen molar-refractivity contribution in [2.45, 2.75) is 19.1 Å². The van der Waals surface area contributed by atoms with Gasteiger partial charge in [-0.15, -0.1) is 0 Å². The zero-order valence-electron chi connectivity index (χ0n) is 8.07. The molecule has 0 saturated heterocycles. The van der Waals surface area contributed by atoms with Crippen LogP contribution in [0.2, 0.25) is 5.15 Å². The second-order valence-corrected chi connectivity index (χ2v) is 3.38. The topological polar surface area (TPSA) is 68.4 Å². The Bertz CT molecular complexity index is 318. The second-order valence-electron chi connectivity index (χ2n) is 3.02. The first-order chi connectivity index (χ1) is 6.57. The minimum Gasteiger partial charge on any atom is -0.496 e. The molecule has 4 nitrogen and oxygen atoms in total. The fourth-order valence-corrected chi connectivity index (χ4v) is 1.40. The molecular weight excluding hydrogens is 204 g/mol. The van der Waals surface area contributed by atoms with E-state index in [9.17, 15) is 5.11 Å². The summed E-state index contributed by atoms with van der Waals surface area (Å²) in [5.74, 6) is 0.495. The quantitative estimate of drug-likeness (QED) is 0.744. The summed E-state index contributed by atoms with van der Waals surface area (Å²) in [7, 11) is 1.50. The normalized spacial score (nSPS) is 14.9. The number of methoxy groups -OCH3 is 1. The minimum atomic E-state index is -0.869. The van der Waals surface area contributed by atoms with Gasteiger partial charge in [0.15, 0.2) is 0 Å². The lowest BCUT2D eigenvalue weighted by Gasteiger charge is -2.18. The number of halogens is 1. The number of nitrogens with two attached hydrogens (primary N) is 1. The molecule has 0 spiro atoms. The van der Waals surface area contributed by atoms with Crippen molar-refractivity contribution in [1.29, 1.82) is 0 Å². The second kappa shape index (κ2) is 4.59. The van der Waals surface area contributed by atoms with Crippen LogP contribution in [-0.4, -0.2) is 23.2 Å². The fourth-order valence-electron chi connectivity index (χ4n) is 1.14. The van der Waals surface area contributed by atoms with Crippen LogP contribution < -0.4 is 10.5 Å². The van der Waals surface area contributed by atoms with Gasteiger partial charge in [0.2, 0.25) is 0 Å². The Morgan fingerprint density at radius 3 is 2.79 bits per heavy atom. The summed E-state index contributed by atoms with van der Waals surface area (Å²) in [6.07, 6.45) is 0.643. The molecular formula is C9H13ClN2O2. The first-order valence-corrected chi connectivity index (χ1v) is 4.57. The number of aliphatic hydroxyl groups excluding tert-OH is 1. The van der Waals surface area contributed by atoms with Crippen molar-refractivity contribution in [1.82, 2.24) is 4.98 Å². The fraction of sp³-hybridized carbons (Fsp3) is 0.444. The molecule has 1 aromatic rings. The van der Waals surface area contributed by atoms with Crippen LogP contribution >= 0.6 is 11.6 Å². The third-order valence-corrected chi connectivity index (χ3v) is 2.22. The summed E-state index contributed by atoms with van der Waals surface area (Å²) in [6, 6.07) is 1.21. The first kappa shape index (κ1) is 11.2. The Morgan fingerprint density at radius 2 is 2.29 bits per heavy atom. The van der Waals surface area contributed by atoms with E-state index in [0.29, 0.717) is 11.3 Å². The van der Waals surface area contributed by atoms with Gasteiger partial charge in [-0.2, -0.15) is 0 Å². The van der Waals surface area contributed by atoms with E-state index in [-0.39, 0.29) is 5.15 Å². The number of aromatic nitrogens is 1. The van der Waals surface area contributed by atoms with Crippen molar-refractivity contribution in [2.24, 2.45) is 5.73 Å².